The third-order valence-electron chi connectivity index (χ3n) is 4.91. The van der Waals surface area contributed by atoms with Crippen LogP contribution in [-0.4, -0.2) is 48.3 Å². The molecule has 152 valence electrons. The number of aryl methyl sites for hydroxylation is 2. The van der Waals surface area contributed by atoms with Crippen molar-refractivity contribution >= 4 is 5.91 Å². The van der Waals surface area contributed by atoms with Gasteiger partial charge in [-0.15, -0.1) is 0 Å². The molecule has 1 amide bonds. The van der Waals surface area contributed by atoms with E-state index in [2.05, 4.69) is 6.92 Å². The van der Waals surface area contributed by atoms with Crippen molar-refractivity contribution in [3.63, 3.8) is 0 Å². The van der Waals surface area contributed by atoms with Crippen molar-refractivity contribution in [3.05, 3.63) is 47.0 Å². The predicted octanol–water partition coefficient (Wildman–Crippen LogP) is 4.52. The Hall–Kier alpha value is -2.53. The predicted molar refractivity (Wildman–Crippen MR) is 112 cm³/mol. The lowest BCUT2D eigenvalue weighted by atomic mass is 9.92. The Balaban J connectivity index is 2.56. The van der Waals surface area contributed by atoms with Gasteiger partial charge in [-0.3, -0.25) is 4.79 Å². The highest BCUT2D eigenvalue weighted by Gasteiger charge is 2.25. The molecule has 0 aromatic heterocycles. The first-order valence-corrected chi connectivity index (χ1v) is 9.79. The average molecular weight is 386 g/mol. The molecule has 0 saturated heterocycles. The highest BCUT2D eigenvalue weighted by atomic mass is 16.5. The van der Waals surface area contributed by atoms with Crippen LogP contribution in [0.5, 0.6) is 11.5 Å². The van der Waals surface area contributed by atoms with Crippen molar-refractivity contribution in [1.82, 2.24) is 4.90 Å². The molecule has 0 aliphatic heterocycles. The number of nitrogens with zero attached hydrogens (tertiary/aromatic N) is 1. The lowest BCUT2D eigenvalue weighted by molar-refractivity contribution is 0.0740. The minimum absolute atomic E-state index is 0.00862. The molecule has 0 atom stereocenters. The first kappa shape index (κ1) is 21.8. The zero-order chi connectivity index (χ0) is 20.7. The van der Waals surface area contributed by atoms with Gasteiger partial charge in [-0.1, -0.05) is 49.6 Å². The van der Waals surface area contributed by atoms with Crippen LogP contribution in [0.1, 0.15) is 47.7 Å². The van der Waals surface area contributed by atoms with E-state index >= 15 is 0 Å². The molecule has 0 aliphatic rings. The minimum Gasteiger partial charge on any atom is -0.507 e. The number of carbonyl (C=O) groups is 1. The Morgan fingerprint density at radius 1 is 1.18 bits per heavy atom. The van der Waals surface area contributed by atoms with E-state index in [1.54, 1.807) is 25.1 Å². The van der Waals surface area contributed by atoms with Crippen molar-refractivity contribution in [3.8, 4) is 22.6 Å². The number of amides is 1. The van der Waals surface area contributed by atoms with Gasteiger partial charge in [0.25, 0.3) is 5.91 Å². The number of likely N-dealkylation sites (N-methyl/N-ethyl adjacent to an activating group) is 1. The minimum atomic E-state index is -0.269. The second kappa shape index (κ2) is 10.1. The van der Waals surface area contributed by atoms with E-state index in [1.165, 1.54) is 0 Å². The van der Waals surface area contributed by atoms with Crippen LogP contribution in [0, 0.1) is 6.92 Å². The van der Waals surface area contributed by atoms with Crippen LogP contribution in [-0.2, 0) is 11.2 Å². The number of carbonyl (C=O) groups excluding carboxylic acids is 1. The Morgan fingerprint density at radius 3 is 2.57 bits per heavy atom. The van der Waals surface area contributed by atoms with Crippen molar-refractivity contribution < 1.29 is 19.7 Å². The summed E-state index contributed by atoms with van der Waals surface area (Å²) in [4.78, 5) is 14.7. The van der Waals surface area contributed by atoms with Crippen molar-refractivity contribution in [1.29, 1.82) is 0 Å². The monoisotopic (exact) mass is 385 g/mol. The van der Waals surface area contributed by atoms with Gasteiger partial charge in [-0.2, -0.15) is 0 Å². The van der Waals surface area contributed by atoms with Gasteiger partial charge in [0, 0.05) is 20.7 Å². The summed E-state index contributed by atoms with van der Waals surface area (Å²) in [5.74, 6) is -0.438. The highest BCUT2D eigenvalue weighted by Crippen LogP contribution is 2.42. The van der Waals surface area contributed by atoms with Gasteiger partial charge < -0.3 is 19.8 Å². The number of methoxy groups -OCH3 is 1. The Morgan fingerprint density at radius 2 is 1.93 bits per heavy atom. The zero-order valence-corrected chi connectivity index (χ0v) is 17.3. The maximum absolute atomic E-state index is 13.1. The van der Waals surface area contributed by atoms with E-state index in [0.717, 1.165) is 24.8 Å². The smallest absolute Gasteiger partial charge is 0.257 e. The number of hydrogen-bond donors (Lipinski definition) is 2. The molecule has 0 unspecified atom stereocenters. The fourth-order valence-electron chi connectivity index (χ4n) is 3.31. The molecular formula is C23H31NO4. The molecule has 0 aliphatic carbocycles. The van der Waals surface area contributed by atoms with E-state index in [4.69, 9.17) is 4.74 Å². The summed E-state index contributed by atoms with van der Waals surface area (Å²) in [6.07, 6.45) is 3.59. The van der Waals surface area contributed by atoms with Crippen LogP contribution < -0.4 is 0 Å². The number of phenolic OH excluding ortho intramolecular Hbond substituents is 2. The van der Waals surface area contributed by atoms with Crippen molar-refractivity contribution in [2.75, 3.05) is 27.3 Å². The summed E-state index contributed by atoms with van der Waals surface area (Å²) >= 11 is 0. The summed E-state index contributed by atoms with van der Waals surface area (Å²) in [5, 5.41) is 21.7. The molecule has 2 N–H and O–H groups in total. The molecule has 0 bridgehead atoms. The molecule has 2 aromatic carbocycles. The van der Waals surface area contributed by atoms with E-state index in [9.17, 15) is 15.0 Å². The van der Waals surface area contributed by atoms with Gasteiger partial charge >= 0.3 is 0 Å². The van der Waals surface area contributed by atoms with Gasteiger partial charge in [-0.25, -0.2) is 0 Å². The molecule has 28 heavy (non-hydrogen) atoms. The average Bonchev–Trinajstić information content (AvgIpc) is 2.66. The highest BCUT2D eigenvalue weighted by molar-refractivity contribution is 6.01. The molecular weight excluding hydrogens is 354 g/mol. The topological polar surface area (TPSA) is 70.0 Å². The fraction of sp³-hybridized carbons (Fsp3) is 0.435. The molecule has 2 rings (SSSR count). The summed E-state index contributed by atoms with van der Waals surface area (Å²) in [6.45, 7) is 4.89. The van der Waals surface area contributed by atoms with Gasteiger partial charge in [-0.05, 0) is 37.0 Å². The number of rotatable bonds is 9. The van der Waals surface area contributed by atoms with E-state index < -0.39 is 0 Å². The number of benzene rings is 2. The molecule has 5 nitrogen and oxygen atoms in total. The van der Waals surface area contributed by atoms with Gasteiger partial charge in [0.15, 0.2) is 0 Å². The molecule has 2 aromatic rings. The van der Waals surface area contributed by atoms with Gasteiger partial charge in [0.2, 0.25) is 0 Å². The van der Waals surface area contributed by atoms with Crippen LogP contribution in [0.3, 0.4) is 0 Å². The standard InChI is InChI=1S/C23H31NO4/c1-5-6-7-10-18-15-19(25)20(17-11-8-9-16(2)14-17)22(26)21(18)23(27)24(3)12-13-28-4/h8-9,11,14-15,25-26H,5-7,10,12-13H2,1-4H3. The summed E-state index contributed by atoms with van der Waals surface area (Å²) in [7, 11) is 3.28. The SMILES string of the molecule is CCCCCc1cc(O)c(-c2cccc(C)c2)c(O)c1C(=O)N(C)CCOC. The van der Waals surface area contributed by atoms with Crippen LogP contribution in [0.15, 0.2) is 30.3 Å². The summed E-state index contributed by atoms with van der Waals surface area (Å²) in [5.41, 5.74) is 2.93. The lowest BCUT2D eigenvalue weighted by Crippen LogP contribution is -2.30. The second-order valence-corrected chi connectivity index (χ2v) is 7.20. The number of ether oxygens (including phenoxy) is 1. The third-order valence-corrected chi connectivity index (χ3v) is 4.91. The summed E-state index contributed by atoms with van der Waals surface area (Å²) < 4.78 is 5.07. The van der Waals surface area contributed by atoms with Crippen LogP contribution in [0.2, 0.25) is 0 Å². The molecule has 0 spiro atoms. The maximum Gasteiger partial charge on any atom is 0.257 e. The molecule has 0 heterocycles. The first-order chi connectivity index (χ1) is 13.4. The van der Waals surface area contributed by atoms with Crippen LogP contribution in [0.4, 0.5) is 0 Å². The number of hydrogen-bond acceptors (Lipinski definition) is 4. The van der Waals surface area contributed by atoms with Crippen LogP contribution >= 0.6 is 0 Å². The molecule has 5 heteroatoms. The zero-order valence-electron chi connectivity index (χ0n) is 17.3. The Labute approximate surface area is 167 Å². The number of phenols is 2. The van der Waals surface area contributed by atoms with Crippen molar-refractivity contribution in [2.24, 2.45) is 0 Å². The van der Waals surface area contributed by atoms with E-state index in [-0.39, 0.29) is 23.0 Å². The third kappa shape index (κ3) is 5.04. The number of aromatic hydroxyl groups is 2. The maximum atomic E-state index is 13.1. The molecule has 0 fully saturated rings. The first-order valence-electron chi connectivity index (χ1n) is 9.79. The van der Waals surface area contributed by atoms with E-state index in [0.29, 0.717) is 36.3 Å². The Kier molecular flexibility index (Phi) is 7.88. The van der Waals surface area contributed by atoms with Gasteiger partial charge in [0.1, 0.15) is 11.5 Å². The second-order valence-electron chi connectivity index (χ2n) is 7.20. The molecule has 0 radical (unpaired) electrons. The van der Waals surface area contributed by atoms with Crippen molar-refractivity contribution in [2.45, 2.75) is 39.5 Å². The Bertz CT molecular complexity index is 816. The van der Waals surface area contributed by atoms with Gasteiger partial charge in [0.05, 0.1) is 17.7 Å². The molecule has 0 saturated carbocycles. The van der Waals surface area contributed by atoms with E-state index in [1.807, 2.05) is 31.2 Å². The lowest BCUT2D eigenvalue weighted by Gasteiger charge is -2.22. The quantitative estimate of drug-likeness (QED) is 0.623. The fourth-order valence-corrected chi connectivity index (χ4v) is 3.31. The van der Waals surface area contributed by atoms with Crippen LogP contribution in [0.25, 0.3) is 11.1 Å². The largest absolute Gasteiger partial charge is 0.507 e. The number of unbranched alkanes of at least 4 members (excludes halogenated alkanes) is 2. The normalized spacial score (nSPS) is 10.9. The summed E-state index contributed by atoms with van der Waals surface area (Å²) in [6, 6.07) is 9.15.